The van der Waals surface area contributed by atoms with E-state index in [1.54, 1.807) is 24.1 Å². The number of carbonyl (C=O) groups excluding carboxylic acids is 1. The van der Waals surface area contributed by atoms with Gasteiger partial charge in [0.05, 0.1) is 6.54 Å². The molecule has 0 aliphatic rings. The van der Waals surface area contributed by atoms with Crippen molar-refractivity contribution in [2.45, 2.75) is 13.5 Å². The molecule has 18 heavy (non-hydrogen) atoms. The fourth-order valence-corrected chi connectivity index (χ4v) is 2.05. The molecule has 0 fully saturated rings. The third kappa shape index (κ3) is 2.98. The summed E-state index contributed by atoms with van der Waals surface area (Å²) in [6.07, 6.45) is 0. The van der Waals surface area contributed by atoms with E-state index >= 15 is 0 Å². The number of aryl methyl sites for hydroxylation is 1. The summed E-state index contributed by atoms with van der Waals surface area (Å²) in [6.45, 7) is 2.26. The molecule has 0 atom stereocenters. The minimum Gasteiger partial charge on any atom is -0.361 e. The Balaban J connectivity index is 2.09. The van der Waals surface area contributed by atoms with Crippen molar-refractivity contribution in [2.24, 2.45) is 0 Å². The molecule has 0 spiro atoms. The van der Waals surface area contributed by atoms with Crippen LogP contribution < -0.4 is 0 Å². The zero-order valence-electron chi connectivity index (χ0n) is 10.2. The molecule has 0 aliphatic carbocycles. The first kappa shape index (κ1) is 12.8. The van der Waals surface area contributed by atoms with Crippen molar-refractivity contribution in [3.05, 3.63) is 51.8 Å². The second-order valence-corrected chi connectivity index (χ2v) is 5.02. The second kappa shape index (κ2) is 5.35. The van der Waals surface area contributed by atoms with E-state index in [0.29, 0.717) is 12.1 Å². The van der Waals surface area contributed by atoms with Crippen molar-refractivity contribution in [1.82, 2.24) is 10.1 Å². The Morgan fingerprint density at radius 1 is 1.44 bits per heavy atom. The Labute approximate surface area is 114 Å². The minimum atomic E-state index is -0.0445. The van der Waals surface area contributed by atoms with Crippen molar-refractivity contribution in [2.75, 3.05) is 7.05 Å². The molecule has 0 saturated carbocycles. The summed E-state index contributed by atoms with van der Waals surface area (Å²) in [5.74, 6) is 0.699. The molecule has 1 aromatic heterocycles. The highest BCUT2D eigenvalue weighted by Gasteiger charge is 2.13. The monoisotopic (exact) mass is 308 g/mol. The van der Waals surface area contributed by atoms with Gasteiger partial charge in [-0.25, -0.2) is 0 Å². The molecule has 0 unspecified atom stereocenters. The number of rotatable bonds is 3. The molecule has 0 bridgehead atoms. The molecule has 0 N–H and O–H groups in total. The fraction of sp³-hybridized carbons (Fsp3) is 0.231. The first-order valence-electron chi connectivity index (χ1n) is 5.49. The van der Waals surface area contributed by atoms with E-state index in [-0.39, 0.29) is 5.91 Å². The lowest BCUT2D eigenvalue weighted by Crippen LogP contribution is -2.26. The Hall–Kier alpha value is -1.62. The summed E-state index contributed by atoms with van der Waals surface area (Å²) >= 11 is 3.35. The van der Waals surface area contributed by atoms with E-state index in [1.165, 1.54) is 0 Å². The van der Waals surface area contributed by atoms with E-state index < -0.39 is 0 Å². The number of hydrogen-bond donors (Lipinski definition) is 0. The van der Waals surface area contributed by atoms with Gasteiger partial charge in [0.1, 0.15) is 11.5 Å². The van der Waals surface area contributed by atoms with Crippen LogP contribution in [0, 0.1) is 6.92 Å². The Morgan fingerprint density at radius 2 is 2.22 bits per heavy atom. The zero-order valence-corrected chi connectivity index (χ0v) is 11.8. The van der Waals surface area contributed by atoms with Gasteiger partial charge in [-0.15, -0.1) is 0 Å². The quantitative estimate of drug-likeness (QED) is 0.875. The molecule has 5 heteroatoms. The Kier molecular flexibility index (Phi) is 3.81. The highest BCUT2D eigenvalue weighted by molar-refractivity contribution is 9.10. The van der Waals surface area contributed by atoms with Crippen molar-refractivity contribution in [3.63, 3.8) is 0 Å². The number of carbonyl (C=O) groups is 1. The lowest BCUT2D eigenvalue weighted by molar-refractivity contribution is 0.0782. The van der Waals surface area contributed by atoms with Gasteiger partial charge in [0.15, 0.2) is 0 Å². The standard InChI is InChI=1S/C13H13BrN2O2/c1-9-6-12(15-18-9)8-16(2)13(17)10-4-3-5-11(14)7-10/h3-7H,8H2,1-2H3. The van der Waals surface area contributed by atoms with Gasteiger partial charge in [-0.2, -0.15) is 0 Å². The van der Waals surface area contributed by atoms with Gasteiger partial charge in [-0.05, 0) is 25.1 Å². The molecule has 0 radical (unpaired) electrons. The smallest absolute Gasteiger partial charge is 0.253 e. The van der Waals surface area contributed by atoms with Crippen LogP contribution >= 0.6 is 15.9 Å². The zero-order chi connectivity index (χ0) is 13.1. The third-order valence-corrected chi connectivity index (χ3v) is 2.99. The SMILES string of the molecule is Cc1cc(CN(C)C(=O)c2cccc(Br)c2)no1. The van der Waals surface area contributed by atoms with Gasteiger partial charge < -0.3 is 9.42 Å². The predicted molar refractivity (Wildman–Crippen MR) is 71.2 cm³/mol. The number of hydrogen-bond acceptors (Lipinski definition) is 3. The highest BCUT2D eigenvalue weighted by Crippen LogP contribution is 2.14. The molecule has 1 heterocycles. The Morgan fingerprint density at radius 3 is 2.83 bits per heavy atom. The summed E-state index contributed by atoms with van der Waals surface area (Å²) in [5, 5.41) is 3.87. The van der Waals surface area contributed by atoms with Crippen LogP contribution in [0.5, 0.6) is 0 Å². The van der Waals surface area contributed by atoms with Crippen molar-refractivity contribution in [3.8, 4) is 0 Å². The maximum Gasteiger partial charge on any atom is 0.253 e. The summed E-state index contributed by atoms with van der Waals surface area (Å²) in [7, 11) is 1.74. The van der Waals surface area contributed by atoms with Gasteiger partial charge >= 0.3 is 0 Å². The molecule has 0 saturated heterocycles. The molecular formula is C13H13BrN2O2. The number of halogens is 1. The second-order valence-electron chi connectivity index (χ2n) is 4.10. The van der Waals surface area contributed by atoms with Gasteiger partial charge in [-0.3, -0.25) is 4.79 Å². The van der Waals surface area contributed by atoms with E-state index in [1.807, 2.05) is 25.1 Å². The van der Waals surface area contributed by atoms with Crippen LogP contribution in [0.3, 0.4) is 0 Å². The van der Waals surface area contributed by atoms with Gasteiger partial charge in [-0.1, -0.05) is 27.2 Å². The summed E-state index contributed by atoms with van der Waals surface area (Å²) in [5.41, 5.74) is 1.39. The van der Waals surface area contributed by atoms with Crippen LogP contribution in [-0.2, 0) is 6.54 Å². The van der Waals surface area contributed by atoms with Crippen LogP contribution in [0.25, 0.3) is 0 Å². The van der Waals surface area contributed by atoms with Gasteiger partial charge in [0.25, 0.3) is 5.91 Å². The first-order valence-corrected chi connectivity index (χ1v) is 6.29. The van der Waals surface area contributed by atoms with Crippen LogP contribution in [0.4, 0.5) is 0 Å². The number of nitrogens with zero attached hydrogens (tertiary/aromatic N) is 2. The van der Waals surface area contributed by atoms with Crippen molar-refractivity contribution < 1.29 is 9.32 Å². The molecular weight excluding hydrogens is 296 g/mol. The van der Waals surface area contributed by atoms with Crippen LogP contribution in [0.15, 0.2) is 39.3 Å². The lowest BCUT2D eigenvalue weighted by atomic mass is 10.2. The summed E-state index contributed by atoms with van der Waals surface area (Å²) < 4.78 is 5.86. The molecule has 1 amide bonds. The van der Waals surface area contributed by atoms with Crippen LogP contribution in [0.1, 0.15) is 21.8 Å². The minimum absolute atomic E-state index is 0.0445. The fourth-order valence-electron chi connectivity index (χ4n) is 1.65. The number of amides is 1. The summed E-state index contributed by atoms with van der Waals surface area (Å²) in [6, 6.07) is 9.14. The van der Waals surface area contributed by atoms with Crippen molar-refractivity contribution in [1.29, 1.82) is 0 Å². The number of aromatic nitrogens is 1. The normalized spacial score (nSPS) is 10.4. The molecule has 0 aliphatic heterocycles. The highest BCUT2D eigenvalue weighted by atomic mass is 79.9. The van der Waals surface area contributed by atoms with Gasteiger partial charge in [0.2, 0.25) is 0 Å². The Bertz CT molecular complexity index is 566. The third-order valence-electron chi connectivity index (χ3n) is 2.49. The maximum atomic E-state index is 12.2. The summed E-state index contributed by atoms with van der Waals surface area (Å²) in [4.78, 5) is 13.8. The van der Waals surface area contributed by atoms with E-state index in [4.69, 9.17) is 4.52 Å². The average molecular weight is 309 g/mol. The van der Waals surface area contributed by atoms with Crippen LogP contribution in [-0.4, -0.2) is 23.0 Å². The van der Waals surface area contributed by atoms with E-state index in [2.05, 4.69) is 21.1 Å². The molecule has 4 nitrogen and oxygen atoms in total. The molecule has 2 aromatic rings. The topological polar surface area (TPSA) is 46.3 Å². The lowest BCUT2D eigenvalue weighted by Gasteiger charge is -2.15. The van der Waals surface area contributed by atoms with E-state index in [9.17, 15) is 4.79 Å². The first-order chi connectivity index (χ1) is 8.56. The van der Waals surface area contributed by atoms with Gasteiger partial charge in [0, 0.05) is 23.2 Å². The van der Waals surface area contributed by atoms with E-state index in [0.717, 1.165) is 15.9 Å². The number of benzene rings is 1. The van der Waals surface area contributed by atoms with Crippen molar-refractivity contribution >= 4 is 21.8 Å². The average Bonchev–Trinajstić information content (AvgIpc) is 2.73. The van der Waals surface area contributed by atoms with Crippen LogP contribution in [0.2, 0.25) is 0 Å². The predicted octanol–water partition coefficient (Wildman–Crippen LogP) is 3.02. The molecule has 1 aromatic carbocycles. The molecule has 94 valence electrons. The molecule has 2 rings (SSSR count). The maximum absolute atomic E-state index is 12.2. The largest absolute Gasteiger partial charge is 0.361 e.